The van der Waals surface area contributed by atoms with Crippen molar-refractivity contribution in [2.75, 3.05) is 39.6 Å². The van der Waals surface area contributed by atoms with Crippen LogP contribution in [0, 0.1) is 29.1 Å². The van der Waals surface area contributed by atoms with Crippen molar-refractivity contribution in [1.29, 1.82) is 0 Å². The van der Waals surface area contributed by atoms with Crippen molar-refractivity contribution in [3.05, 3.63) is 22.8 Å². The molecular formula is C29H42N4O7. The maximum Gasteiger partial charge on any atom is 0.230 e. The van der Waals surface area contributed by atoms with Crippen LogP contribution in [0.1, 0.15) is 48.7 Å². The van der Waals surface area contributed by atoms with Crippen molar-refractivity contribution < 1.29 is 34.5 Å². The number of primary amides is 1. The first kappa shape index (κ1) is 30.1. The van der Waals surface area contributed by atoms with E-state index in [-0.39, 0.29) is 29.6 Å². The Morgan fingerprint density at radius 3 is 2.30 bits per heavy atom. The SMILES string of the molecule is CN(C)c1cc(CNCC(C)(C)C)c(O)c2c1C[C@@H]1C[C@@H]3[C@@H](N(C)C)C(O)C(C(N)=O)C(=O)[C@]3(O)C(=O)C1C2=O. The molecule has 11 nitrogen and oxygen atoms in total. The summed E-state index contributed by atoms with van der Waals surface area (Å²) in [5.74, 6) is -9.01. The number of amides is 1. The number of hydrogen-bond acceptors (Lipinski definition) is 10. The number of rotatable bonds is 6. The number of carbonyl (C=O) groups is 4. The second-order valence-electron chi connectivity index (χ2n) is 13.3. The lowest BCUT2D eigenvalue weighted by molar-refractivity contribution is -0.190. The molecule has 220 valence electrons. The molecule has 1 amide bonds. The minimum Gasteiger partial charge on any atom is -0.507 e. The summed E-state index contributed by atoms with van der Waals surface area (Å²) in [7, 11) is 6.92. The molecule has 2 saturated carbocycles. The van der Waals surface area contributed by atoms with Gasteiger partial charge < -0.3 is 36.2 Å². The van der Waals surface area contributed by atoms with Gasteiger partial charge in [-0.3, -0.25) is 19.2 Å². The Labute approximate surface area is 234 Å². The second kappa shape index (κ2) is 10.2. The number of nitrogens with two attached hydrogens (primary N) is 1. The maximum absolute atomic E-state index is 14.1. The summed E-state index contributed by atoms with van der Waals surface area (Å²) >= 11 is 0. The van der Waals surface area contributed by atoms with Crippen LogP contribution in [0.2, 0.25) is 0 Å². The number of likely N-dealkylation sites (N-methyl/N-ethyl adjacent to an activating group) is 1. The van der Waals surface area contributed by atoms with Crippen molar-refractivity contribution in [2.45, 2.75) is 57.9 Å². The van der Waals surface area contributed by atoms with Crippen LogP contribution in [0.15, 0.2) is 6.07 Å². The fraction of sp³-hybridized carbons (Fsp3) is 0.655. The van der Waals surface area contributed by atoms with E-state index >= 15 is 0 Å². The van der Waals surface area contributed by atoms with Crippen LogP contribution in [-0.4, -0.2) is 96.0 Å². The molecule has 1 aromatic carbocycles. The van der Waals surface area contributed by atoms with Crippen LogP contribution in [0.3, 0.4) is 0 Å². The number of nitrogens with zero attached hydrogens (tertiary/aromatic N) is 2. The van der Waals surface area contributed by atoms with Crippen molar-refractivity contribution in [3.8, 4) is 5.75 Å². The summed E-state index contributed by atoms with van der Waals surface area (Å²) < 4.78 is 0. The van der Waals surface area contributed by atoms with Crippen molar-refractivity contribution in [3.63, 3.8) is 0 Å². The number of phenolic OH excluding ortho intramolecular Hbond substituents is 1. The maximum atomic E-state index is 14.1. The van der Waals surface area contributed by atoms with E-state index in [1.807, 2.05) is 25.1 Å². The molecule has 0 heterocycles. The zero-order valence-corrected chi connectivity index (χ0v) is 24.3. The van der Waals surface area contributed by atoms with E-state index in [0.29, 0.717) is 24.2 Å². The van der Waals surface area contributed by atoms with E-state index in [1.165, 1.54) is 0 Å². The fourth-order valence-electron chi connectivity index (χ4n) is 7.03. The number of carbonyl (C=O) groups excluding carboxylic acids is 4. The Morgan fingerprint density at radius 2 is 1.77 bits per heavy atom. The van der Waals surface area contributed by atoms with Gasteiger partial charge in [0.1, 0.15) is 11.7 Å². The normalized spacial score (nSPS) is 32.0. The van der Waals surface area contributed by atoms with Crippen LogP contribution in [0.4, 0.5) is 5.69 Å². The van der Waals surface area contributed by atoms with E-state index < -0.39 is 64.7 Å². The lowest BCUT2D eigenvalue weighted by atomic mass is 9.52. The highest BCUT2D eigenvalue weighted by Crippen LogP contribution is 2.52. The molecule has 0 bridgehead atoms. The number of fused-ring (bicyclic) bond motifs is 3. The molecule has 0 radical (unpaired) electrons. The molecule has 0 aromatic heterocycles. The van der Waals surface area contributed by atoms with Crippen LogP contribution in [0.25, 0.3) is 0 Å². The number of aromatic hydroxyl groups is 1. The molecule has 0 saturated heterocycles. The summed E-state index contributed by atoms with van der Waals surface area (Å²) in [6.45, 7) is 7.17. The lowest BCUT2D eigenvalue weighted by Crippen LogP contribution is -2.75. The van der Waals surface area contributed by atoms with Gasteiger partial charge in [0, 0.05) is 50.4 Å². The minimum absolute atomic E-state index is 0.00888. The Hall–Kier alpha value is -2.86. The topological polar surface area (TPSA) is 173 Å². The highest BCUT2D eigenvalue weighted by Gasteiger charge is 2.69. The predicted octanol–water partition coefficient (Wildman–Crippen LogP) is -0.139. The summed E-state index contributed by atoms with van der Waals surface area (Å²) in [5.41, 5.74) is 4.61. The highest BCUT2D eigenvalue weighted by atomic mass is 16.3. The molecule has 2 fully saturated rings. The van der Waals surface area contributed by atoms with E-state index in [0.717, 1.165) is 5.69 Å². The molecule has 3 aliphatic carbocycles. The van der Waals surface area contributed by atoms with Gasteiger partial charge in [0.25, 0.3) is 0 Å². The number of benzene rings is 1. The van der Waals surface area contributed by atoms with Crippen molar-refractivity contribution in [1.82, 2.24) is 10.2 Å². The van der Waals surface area contributed by atoms with E-state index in [1.54, 1.807) is 19.0 Å². The molecule has 3 aliphatic rings. The lowest BCUT2D eigenvalue weighted by Gasteiger charge is -2.55. The average molecular weight is 559 g/mol. The zero-order valence-electron chi connectivity index (χ0n) is 24.3. The Kier molecular flexibility index (Phi) is 7.68. The highest BCUT2D eigenvalue weighted by molar-refractivity contribution is 6.25. The van der Waals surface area contributed by atoms with Gasteiger partial charge in [0.15, 0.2) is 23.0 Å². The monoisotopic (exact) mass is 558 g/mol. The minimum atomic E-state index is -2.67. The zero-order chi connectivity index (χ0) is 30.1. The average Bonchev–Trinajstić information content (AvgIpc) is 2.81. The predicted molar refractivity (Wildman–Crippen MR) is 148 cm³/mol. The van der Waals surface area contributed by atoms with E-state index in [4.69, 9.17) is 5.73 Å². The first-order valence-corrected chi connectivity index (χ1v) is 13.7. The number of hydrogen-bond donors (Lipinski definition) is 5. The number of ketones is 3. The molecule has 3 unspecified atom stereocenters. The Balaban J connectivity index is 1.82. The molecule has 40 heavy (non-hydrogen) atoms. The third kappa shape index (κ3) is 4.62. The quantitative estimate of drug-likeness (QED) is 0.296. The Bertz CT molecular complexity index is 1250. The van der Waals surface area contributed by atoms with Crippen molar-refractivity contribution >= 4 is 28.9 Å². The van der Waals surface area contributed by atoms with Gasteiger partial charge in [-0.05, 0) is 49.9 Å². The molecule has 6 N–H and O–H groups in total. The largest absolute Gasteiger partial charge is 0.507 e. The molecule has 7 atom stereocenters. The number of aliphatic hydroxyl groups is 2. The van der Waals surface area contributed by atoms with E-state index in [2.05, 4.69) is 26.1 Å². The third-order valence-electron chi connectivity index (χ3n) is 8.80. The summed E-state index contributed by atoms with van der Waals surface area (Å²) in [5, 5.41) is 37.4. The number of phenols is 1. The standard InChI is InChI=1S/C29H42N4O7/c1-28(2,3)12-31-11-14-10-17(32(4)5)15-8-13-9-16-21(33(6)7)24(36)20(27(30)39)26(38)29(16,40)25(37)18(13)23(35)19(15)22(14)34/h10,13,16,18,20-21,24,31,34,36,40H,8-9,11-12H2,1-7H3,(H2,30,39)/t13-,16-,18?,20?,21-,24?,29-/m1/s1. The van der Waals surface area contributed by atoms with Crippen LogP contribution in [0.5, 0.6) is 5.75 Å². The van der Waals surface area contributed by atoms with Gasteiger partial charge >= 0.3 is 0 Å². The first-order chi connectivity index (χ1) is 18.4. The van der Waals surface area contributed by atoms with Gasteiger partial charge in [-0.15, -0.1) is 0 Å². The molecule has 0 aliphatic heterocycles. The van der Waals surface area contributed by atoms with Gasteiger partial charge in [-0.1, -0.05) is 20.8 Å². The van der Waals surface area contributed by atoms with Gasteiger partial charge in [-0.2, -0.15) is 0 Å². The smallest absolute Gasteiger partial charge is 0.230 e. The summed E-state index contributed by atoms with van der Waals surface area (Å²) in [4.78, 5) is 57.2. The van der Waals surface area contributed by atoms with Crippen LogP contribution >= 0.6 is 0 Å². The van der Waals surface area contributed by atoms with Crippen molar-refractivity contribution in [2.24, 2.45) is 34.8 Å². The third-order valence-corrected chi connectivity index (χ3v) is 8.80. The molecule has 4 rings (SSSR count). The van der Waals surface area contributed by atoms with Gasteiger partial charge in [0.2, 0.25) is 5.91 Å². The molecule has 1 aromatic rings. The van der Waals surface area contributed by atoms with Gasteiger partial charge in [-0.25, -0.2) is 0 Å². The number of nitrogens with one attached hydrogen (secondary N) is 1. The molecule has 0 spiro atoms. The molecule has 11 heteroatoms. The second-order valence-corrected chi connectivity index (χ2v) is 13.3. The summed E-state index contributed by atoms with van der Waals surface area (Å²) in [6.07, 6.45) is -1.19. The van der Waals surface area contributed by atoms with Gasteiger partial charge in [0.05, 0.1) is 17.6 Å². The first-order valence-electron chi connectivity index (χ1n) is 13.7. The summed E-state index contributed by atoms with van der Waals surface area (Å²) in [6, 6.07) is 0.909. The Morgan fingerprint density at radius 1 is 1.15 bits per heavy atom. The van der Waals surface area contributed by atoms with Crippen LogP contribution in [-0.2, 0) is 27.3 Å². The molecular weight excluding hydrogens is 516 g/mol. The van der Waals surface area contributed by atoms with Crippen LogP contribution < -0.4 is 16.0 Å². The fourth-order valence-corrected chi connectivity index (χ4v) is 7.03. The number of Topliss-reactive ketones (excluding diaryl/α,β-unsaturated/α-hetero) is 3. The van der Waals surface area contributed by atoms with E-state index in [9.17, 15) is 34.5 Å². The number of aliphatic hydroxyl groups excluding tert-OH is 1. The number of anilines is 1.